The lowest BCUT2D eigenvalue weighted by atomic mass is 10.1. The van der Waals surface area contributed by atoms with Crippen LogP contribution in [0.25, 0.3) is 16.4 Å². The number of hydrogen-bond donors (Lipinski definition) is 1. The van der Waals surface area contributed by atoms with Crippen molar-refractivity contribution in [2.24, 2.45) is 0 Å². The Morgan fingerprint density at radius 2 is 2.09 bits per heavy atom. The van der Waals surface area contributed by atoms with Crippen molar-refractivity contribution in [3.8, 4) is 16.4 Å². The molecule has 3 heterocycles. The number of benzene rings is 1. The summed E-state index contributed by atoms with van der Waals surface area (Å²) < 4.78 is 42.7. The van der Waals surface area contributed by atoms with E-state index in [-0.39, 0.29) is 17.1 Å². The number of halogens is 3. The van der Waals surface area contributed by atoms with Crippen molar-refractivity contribution < 1.29 is 18.0 Å². The van der Waals surface area contributed by atoms with Gasteiger partial charge in [0, 0.05) is 6.54 Å². The van der Waals surface area contributed by atoms with Crippen LogP contribution < -0.4 is 5.32 Å². The van der Waals surface area contributed by atoms with E-state index in [1.807, 2.05) is 29.0 Å². The second-order valence-electron chi connectivity index (χ2n) is 6.43. The minimum atomic E-state index is -4.55. The highest BCUT2D eigenvalue weighted by Crippen LogP contribution is 2.33. The smallest absolute Gasteiger partial charge is 0.323 e. The monoisotopic (exact) mass is 479 g/mol. The van der Waals surface area contributed by atoms with E-state index in [0.717, 1.165) is 28.8 Å². The number of nitrogens with zero attached hydrogens (tertiary/aromatic N) is 6. The molecule has 0 saturated carbocycles. The summed E-state index contributed by atoms with van der Waals surface area (Å²) in [5.41, 5.74) is -0.631. The zero-order valence-corrected chi connectivity index (χ0v) is 18.2. The summed E-state index contributed by atoms with van der Waals surface area (Å²) in [6, 6.07) is 6.89. The van der Waals surface area contributed by atoms with Crippen LogP contribution in [0.1, 0.15) is 12.5 Å². The summed E-state index contributed by atoms with van der Waals surface area (Å²) in [6.07, 6.45) is -1.96. The molecule has 4 rings (SSSR count). The molecule has 0 spiro atoms. The van der Waals surface area contributed by atoms with Gasteiger partial charge in [-0.1, -0.05) is 17.8 Å². The maximum atomic E-state index is 13.2. The molecule has 0 aliphatic carbocycles. The van der Waals surface area contributed by atoms with Crippen LogP contribution in [0.4, 0.5) is 18.9 Å². The molecular weight excluding hydrogens is 463 g/mol. The molecule has 8 nitrogen and oxygen atoms in total. The number of rotatable bonds is 7. The Morgan fingerprint density at radius 1 is 1.25 bits per heavy atom. The predicted octanol–water partition coefficient (Wildman–Crippen LogP) is 4.36. The largest absolute Gasteiger partial charge is 0.416 e. The first kappa shape index (κ1) is 22.0. The number of carbonyl (C=O) groups is 1. The van der Waals surface area contributed by atoms with Crippen molar-refractivity contribution in [1.29, 1.82) is 0 Å². The Kier molecular flexibility index (Phi) is 6.28. The van der Waals surface area contributed by atoms with Gasteiger partial charge in [-0.05, 0) is 36.6 Å². The summed E-state index contributed by atoms with van der Waals surface area (Å²) in [4.78, 5) is 17.3. The first-order valence-electron chi connectivity index (χ1n) is 9.32. The molecule has 0 aliphatic heterocycles. The fraction of sp³-hybridized carbons (Fsp3) is 0.211. The SMILES string of the molecule is CCn1c(SCC(=O)Nc2cc(C(F)(F)F)ccc2-n2cncn2)nnc1-c1cccs1. The van der Waals surface area contributed by atoms with E-state index in [1.165, 1.54) is 34.7 Å². The van der Waals surface area contributed by atoms with Crippen LogP contribution in [0, 0.1) is 0 Å². The molecule has 0 unspecified atom stereocenters. The van der Waals surface area contributed by atoms with Gasteiger partial charge in [0.1, 0.15) is 12.7 Å². The Balaban J connectivity index is 1.52. The molecule has 13 heteroatoms. The Bertz CT molecular complexity index is 1200. The number of carbonyl (C=O) groups excluding carboxylic acids is 1. The molecule has 0 bridgehead atoms. The standard InChI is InChI=1S/C19H16F3N7OS2/c1-2-28-17(15-4-3-7-31-15)26-27-18(28)32-9-16(30)25-13-8-12(19(20,21)22)5-6-14(13)29-11-23-10-24-29/h3-8,10-11H,2,9H2,1H3,(H,25,30). The van der Waals surface area contributed by atoms with E-state index < -0.39 is 17.6 Å². The van der Waals surface area contributed by atoms with E-state index in [9.17, 15) is 18.0 Å². The average Bonchev–Trinajstić information content (AvgIpc) is 3.53. The second-order valence-corrected chi connectivity index (χ2v) is 8.32. The molecule has 1 N–H and O–H groups in total. The lowest BCUT2D eigenvalue weighted by Gasteiger charge is -2.14. The topological polar surface area (TPSA) is 90.5 Å². The van der Waals surface area contributed by atoms with Crippen molar-refractivity contribution in [1.82, 2.24) is 29.5 Å². The van der Waals surface area contributed by atoms with Crippen molar-refractivity contribution in [2.75, 3.05) is 11.1 Å². The number of thioether (sulfide) groups is 1. The maximum absolute atomic E-state index is 13.2. The molecule has 0 fully saturated rings. The van der Waals surface area contributed by atoms with Crippen molar-refractivity contribution in [3.05, 3.63) is 53.9 Å². The van der Waals surface area contributed by atoms with E-state index in [2.05, 4.69) is 25.6 Å². The number of aromatic nitrogens is 6. The van der Waals surface area contributed by atoms with Crippen LogP contribution in [0.15, 0.2) is 53.5 Å². The van der Waals surface area contributed by atoms with E-state index in [1.54, 1.807) is 0 Å². The Morgan fingerprint density at radius 3 is 2.75 bits per heavy atom. The average molecular weight is 480 g/mol. The molecule has 3 aromatic heterocycles. The molecule has 32 heavy (non-hydrogen) atoms. The van der Waals surface area contributed by atoms with Crippen LogP contribution in [0.3, 0.4) is 0 Å². The number of thiophene rings is 1. The summed E-state index contributed by atoms with van der Waals surface area (Å²) in [5, 5.41) is 17.3. The predicted molar refractivity (Wildman–Crippen MR) is 115 cm³/mol. The van der Waals surface area contributed by atoms with Crippen molar-refractivity contribution in [2.45, 2.75) is 24.8 Å². The summed E-state index contributed by atoms with van der Waals surface area (Å²) in [5.74, 6) is 0.158. The number of anilines is 1. The molecule has 4 aromatic rings. The first-order chi connectivity index (χ1) is 15.4. The molecule has 1 amide bonds. The minimum absolute atomic E-state index is 0.0212. The van der Waals surface area contributed by atoms with Gasteiger partial charge in [-0.2, -0.15) is 18.3 Å². The first-order valence-corrected chi connectivity index (χ1v) is 11.2. The van der Waals surface area contributed by atoms with Crippen LogP contribution in [-0.2, 0) is 17.5 Å². The van der Waals surface area contributed by atoms with Crippen LogP contribution in [-0.4, -0.2) is 41.2 Å². The fourth-order valence-electron chi connectivity index (χ4n) is 2.93. The van der Waals surface area contributed by atoms with Gasteiger partial charge >= 0.3 is 6.18 Å². The maximum Gasteiger partial charge on any atom is 0.416 e. The molecule has 166 valence electrons. The van der Waals surface area contributed by atoms with Crippen LogP contribution in [0.2, 0.25) is 0 Å². The Hall–Kier alpha value is -3.19. The zero-order valence-electron chi connectivity index (χ0n) is 16.6. The Labute approximate surface area is 188 Å². The zero-order chi connectivity index (χ0) is 22.7. The lowest BCUT2D eigenvalue weighted by Crippen LogP contribution is -2.17. The van der Waals surface area contributed by atoms with Crippen molar-refractivity contribution >= 4 is 34.7 Å². The van der Waals surface area contributed by atoms with Gasteiger partial charge in [0.05, 0.1) is 27.6 Å². The van der Waals surface area contributed by atoms with Gasteiger partial charge in [-0.15, -0.1) is 21.5 Å². The van der Waals surface area contributed by atoms with Gasteiger partial charge in [-0.3, -0.25) is 4.79 Å². The second kappa shape index (κ2) is 9.12. The molecule has 0 atom stereocenters. The highest BCUT2D eigenvalue weighted by atomic mass is 32.2. The third-order valence-electron chi connectivity index (χ3n) is 4.37. The van der Waals surface area contributed by atoms with Gasteiger partial charge < -0.3 is 9.88 Å². The molecule has 0 radical (unpaired) electrons. The van der Waals surface area contributed by atoms with Crippen LogP contribution in [0.5, 0.6) is 0 Å². The lowest BCUT2D eigenvalue weighted by molar-refractivity contribution is -0.137. The highest BCUT2D eigenvalue weighted by Gasteiger charge is 2.31. The quantitative estimate of drug-likeness (QED) is 0.396. The van der Waals surface area contributed by atoms with E-state index >= 15 is 0 Å². The normalized spacial score (nSPS) is 11.6. The molecule has 1 aromatic carbocycles. The van der Waals surface area contributed by atoms with Gasteiger partial charge in [0.15, 0.2) is 11.0 Å². The van der Waals surface area contributed by atoms with Gasteiger partial charge in [0.2, 0.25) is 5.91 Å². The van der Waals surface area contributed by atoms with E-state index in [0.29, 0.717) is 17.5 Å². The number of nitrogens with one attached hydrogen (secondary N) is 1. The van der Waals surface area contributed by atoms with Crippen molar-refractivity contribution in [3.63, 3.8) is 0 Å². The summed E-state index contributed by atoms with van der Waals surface area (Å²) >= 11 is 2.69. The number of amides is 1. The molecule has 0 saturated heterocycles. The fourth-order valence-corrected chi connectivity index (χ4v) is 4.45. The summed E-state index contributed by atoms with van der Waals surface area (Å²) in [6.45, 7) is 2.55. The van der Waals surface area contributed by atoms with Gasteiger partial charge in [-0.25, -0.2) is 9.67 Å². The molecule has 0 aliphatic rings. The highest BCUT2D eigenvalue weighted by molar-refractivity contribution is 7.99. The molecular formula is C19H16F3N7OS2. The third kappa shape index (κ3) is 4.67. The van der Waals surface area contributed by atoms with E-state index in [4.69, 9.17) is 0 Å². The third-order valence-corrected chi connectivity index (χ3v) is 6.20. The minimum Gasteiger partial charge on any atom is -0.323 e. The van der Waals surface area contributed by atoms with Gasteiger partial charge in [0.25, 0.3) is 0 Å². The number of alkyl halides is 3. The summed E-state index contributed by atoms with van der Waals surface area (Å²) in [7, 11) is 0. The number of hydrogen-bond acceptors (Lipinski definition) is 7. The van der Waals surface area contributed by atoms with Crippen LogP contribution >= 0.6 is 23.1 Å².